The molecule has 1 heterocycles. The number of anilines is 1. The van der Waals surface area contributed by atoms with Gasteiger partial charge in [0.1, 0.15) is 4.75 Å². The third-order valence-corrected chi connectivity index (χ3v) is 4.84. The first-order chi connectivity index (χ1) is 9.33. The highest BCUT2D eigenvalue weighted by Gasteiger charge is 2.33. The maximum Gasteiger partial charge on any atom is 0.319 e. The van der Waals surface area contributed by atoms with E-state index in [0.29, 0.717) is 0 Å². The number of hydrogen-bond donors (Lipinski definition) is 1. The smallest absolute Gasteiger partial charge is 0.319 e. The molecule has 4 nitrogen and oxygen atoms in total. The number of benzene rings is 1. The van der Waals surface area contributed by atoms with Gasteiger partial charge in [0.2, 0.25) is 5.91 Å². The summed E-state index contributed by atoms with van der Waals surface area (Å²) in [6.45, 7) is 5.26. The Morgan fingerprint density at radius 1 is 1.40 bits per heavy atom. The molecule has 1 N–H and O–H groups in total. The molecular formula is C15H19NO3S. The van der Waals surface area contributed by atoms with Crippen LogP contribution < -0.4 is 4.90 Å². The predicted molar refractivity (Wildman–Crippen MR) is 81.3 cm³/mol. The molecule has 1 atom stereocenters. The van der Waals surface area contributed by atoms with Crippen LogP contribution in [0.1, 0.15) is 26.3 Å². The quantitative estimate of drug-likeness (QED) is 0.927. The number of para-hydroxylation sites is 1. The molecular weight excluding hydrogens is 274 g/mol. The second kappa shape index (κ2) is 5.48. The fourth-order valence-corrected chi connectivity index (χ4v) is 3.07. The third kappa shape index (κ3) is 2.82. The fourth-order valence-electron chi connectivity index (χ4n) is 2.32. The Hall–Kier alpha value is -1.49. The van der Waals surface area contributed by atoms with Gasteiger partial charge in [-0.2, -0.15) is 0 Å². The van der Waals surface area contributed by atoms with Crippen LogP contribution >= 0.6 is 11.8 Å². The van der Waals surface area contributed by atoms with E-state index < -0.39 is 10.7 Å². The van der Waals surface area contributed by atoms with E-state index in [1.807, 2.05) is 31.2 Å². The molecule has 0 fully saturated rings. The van der Waals surface area contributed by atoms with E-state index in [9.17, 15) is 9.59 Å². The largest absolute Gasteiger partial charge is 0.480 e. The first-order valence-electron chi connectivity index (χ1n) is 6.60. The number of thioether (sulfide) groups is 1. The fraction of sp³-hybridized carbons (Fsp3) is 0.467. The maximum atomic E-state index is 12.4. The van der Waals surface area contributed by atoms with Crippen LogP contribution in [0.25, 0.3) is 0 Å². The third-order valence-electron chi connectivity index (χ3n) is 3.55. The highest BCUT2D eigenvalue weighted by Crippen LogP contribution is 2.33. The van der Waals surface area contributed by atoms with Gasteiger partial charge in [0, 0.05) is 11.7 Å². The monoisotopic (exact) mass is 293 g/mol. The van der Waals surface area contributed by atoms with Gasteiger partial charge in [-0.15, -0.1) is 11.8 Å². The Bertz CT molecular complexity index is 542. The van der Waals surface area contributed by atoms with Crippen molar-refractivity contribution < 1.29 is 14.7 Å². The Balaban J connectivity index is 2.09. The van der Waals surface area contributed by atoms with E-state index in [0.717, 1.165) is 12.1 Å². The molecule has 0 saturated heterocycles. The number of nitrogens with zero attached hydrogens (tertiary/aromatic N) is 1. The number of carboxylic acids is 1. The minimum Gasteiger partial charge on any atom is -0.480 e. The van der Waals surface area contributed by atoms with E-state index in [2.05, 4.69) is 0 Å². The average molecular weight is 293 g/mol. The van der Waals surface area contributed by atoms with E-state index >= 15 is 0 Å². The Kier molecular flexibility index (Phi) is 4.09. The van der Waals surface area contributed by atoms with Gasteiger partial charge in [-0.3, -0.25) is 9.59 Å². The first kappa shape index (κ1) is 14.9. The number of carboxylic acid groups (broad SMARTS) is 1. The normalized spacial score (nSPS) is 17.9. The topological polar surface area (TPSA) is 57.6 Å². The maximum absolute atomic E-state index is 12.4. The van der Waals surface area contributed by atoms with Crippen molar-refractivity contribution in [3.05, 3.63) is 29.8 Å². The van der Waals surface area contributed by atoms with Crippen molar-refractivity contribution in [1.82, 2.24) is 0 Å². The van der Waals surface area contributed by atoms with E-state index in [1.165, 1.54) is 17.3 Å². The van der Waals surface area contributed by atoms with Crippen LogP contribution in [0.5, 0.6) is 0 Å². The van der Waals surface area contributed by atoms with Crippen LogP contribution in [0.2, 0.25) is 0 Å². The van der Waals surface area contributed by atoms with Gasteiger partial charge in [0.15, 0.2) is 0 Å². The molecule has 1 aliphatic rings. The van der Waals surface area contributed by atoms with Gasteiger partial charge in [0.25, 0.3) is 0 Å². The van der Waals surface area contributed by atoms with Crippen molar-refractivity contribution in [2.75, 3.05) is 10.7 Å². The molecule has 0 spiro atoms. The van der Waals surface area contributed by atoms with Crippen molar-refractivity contribution >= 4 is 29.3 Å². The van der Waals surface area contributed by atoms with Crippen molar-refractivity contribution in [1.29, 1.82) is 0 Å². The lowest BCUT2D eigenvalue weighted by molar-refractivity contribution is -0.138. The summed E-state index contributed by atoms with van der Waals surface area (Å²) >= 11 is 1.17. The number of fused-ring (bicyclic) bond motifs is 1. The molecule has 1 aromatic carbocycles. The molecule has 0 bridgehead atoms. The molecule has 5 heteroatoms. The Morgan fingerprint density at radius 2 is 2.05 bits per heavy atom. The van der Waals surface area contributed by atoms with E-state index in [-0.39, 0.29) is 17.7 Å². The van der Waals surface area contributed by atoms with Crippen molar-refractivity contribution in [3.63, 3.8) is 0 Å². The number of carbonyl (C=O) groups is 2. The number of aliphatic carboxylic acids is 1. The highest BCUT2D eigenvalue weighted by atomic mass is 32.2. The van der Waals surface area contributed by atoms with Crippen LogP contribution in [0.3, 0.4) is 0 Å². The summed E-state index contributed by atoms with van der Waals surface area (Å²) < 4.78 is -0.946. The molecule has 20 heavy (non-hydrogen) atoms. The molecule has 1 amide bonds. The van der Waals surface area contributed by atoms with Gasteiger partial charge in [-0.25, -0.2) is 0 Å². The van der Waals surface area contributed by atoms with Crippen LogP contribution in [0.4, 0.5) is 5.69 Å². The Labute approximate surface area is 123 Å². The molecule has 0 saturated carbocycles. The van der Waals surface area contributed by atoms with Crippen LogP contribution in [0.15, 0.2) is 24.3 Å². The zero-order valence-electron chi connectivity index (χ0n) is 11.9. The Morgan fingerprint density at radius 3 is 2.70 bits per heavy atom. The van der Waals surface area contributed by atoms with Gasteiger partial charge in [-0.1, -0.05) is 18.2 Å². The lowest BCUT2D eigenvalue weighted by atomic mass is 10.1. The van der Waals surface area contributed by atoms with Crippen LogP contribution in [-0.4, -0.2) is 33.5 Å². The van der Waals surface area contributed by atoms with Crippen molar-refractivity contribution in [3.8, 4) is 0 Å². The molecule has 2 rings (SSSR count). The summed E-state index contributed by atoms with van der Waals surface area (Å²) in [7, 11) is 0. The van der Waals surface area contributed by atoms with Gasteiger partial charge >= 0.3 is 5.97 Å². The van der Waals surface area contributed by atoms with Gasteiger partial charge in [0.05, 0.1) is 5.75 Å². The lowest BCUT2D eigenvalue weighted by Gasteiger charge is -2.25. The summed E-state index contributed by atoms with van der Waals surface area (Å²) in [5.74, 6) is -0.746. The standard InChI is InChI=1S/C15H19NO3S/c1-10-8-11-6-4-5-7-12(11)16(10)13(17)9-20-15(2,3)14(18)19/h4-7,10H,8-9H2,1-3H3,(H,18,19). The summed E-state index contributed by atoms with van der Waals surface area (Å²) in [4.78, 5) is 25.3. The second-order valence-electron chi connectivity index (χ2n) is 5.55. The predicted octanol–water partition coefficient (Wildman–Crippen LogP) is 2.56. The number of amides is 1. The minimum atomic E-state index is -0.946. The number of rotatable bonds is 4. The van der Waals surface area contributed by atoms with Crippen molar-refractivity contribution in [2.24, 2.45) is 0 Å². The summed E-state index contributed by atoms with van der Waals surface area (Å²) in [6.07, 6.45) is 0.856. The molecule has 1 aromatic rings. The molecule has 1 aliphatic heterocycles. The number of hydrogen-bond acceptors (Lipinski definition) is 3. The van der Waals surface area contributed by atoms with E-state index in [4.69, 9.17) is 5.11 Å². The van der Waals surface area contributed by atoms with Gasteiger partial charge < -0.3 is 10.0 Å². The van der Waals surface area contributed by atoms with Crippen LogP contribution in [0, 0.1) is 0 Å². The lowest BCUT2D eigenvalue weighted by Crippen LogP contribution is -2.38. The van der Waals surface area contributed by atoms with Gasteiger partial charge in [-0.05, 0) is 38.8 Å². The summed E-state index contributed by atoms with van der Waals surface area (Å²) in [6, 6.07) is 8.01. The molecule has 0 aliphatic carbocycles. The van der Waals surface area contributed by atoms with Crippen molar-refractivity contribution in [2.45, 2.75) is 38.0 Å². The SMILES string of the molecule is CC1Cc2ccccc2N1C(=O)CSC(C)(C)C(=O)O. The van der Waals surface area contributed by atoms with Crippen LogP contribution in [-0.2, 0) is 16.0 Å². The first-order valence-corrected chi connectivity index (χ1v) is 7.59. The summed E-state index contributed by atoms with van der Waals surface area (Å²) in [5.41, 5.74) is 2.13. The zero-order chi connectivity index (χ0) is 14.9. The average Bonchev–Trinajstić information content (AvgIpc) is 2.71. The minimum absolute atomic E-state index is 0.0261. The second-order valence-corrected chi connectivity index (χ2v) is 7.15. The zero-order valence-corrected chi connectivity index (χ0v) is 12.7. The molecule has 1 unspecified atom stereocenters. The summed E-state index contributed by atoms with van der Waals surface area (Å²) in [5, 5.41) is 9.08. The molecule has 0 aromatic heterocycles. The molecule has 0 radical (unpaired) electrons. The highest BCUT2D eigenvalue weighted by molar-refractivity contribution is 8.02. The number of carbonyl (C=O) groups excluding carboxylic acids is 1. The van der Waals surface area contributed by atoms with E-state index in [1.54, 1.807) is 18.7 Å². The molecule has 108 valence electrons.